The molecule has 0 aromatic heterocycles. The van der Waals surface area contributed by atoms with Crippen molar-refractivity contribution in [1.82, 2.24) is 0 Å². The zero-order valence-corrected chi connectivity index (χ0v) is 33.5. The van der Waals surface area contributed by atoms with Crippen LogP contribution in [0.15, 0.2) is 60.7 Å². The third-order valence-electron chi connectivity index (χ3n) is 12.2. The fourth-order valence-corrected chi connectivity index (χ4v) is 8.86. The van der Waals surface area contributed by atoms with Crippen LogP contribution in [0.2, 0.25) is 0 Å². The average Bonchev–Trinajstić information content (AvgIpc) is 3.04. The Labute approximate surface area is 288 Å². The van der Waals surface area contributed by atoms with Crippen LogP contribution < -0.4 is 15.1 Å². The first-order chi connectivity index (χ1) is 21.4. The van der Waals surface area contributed by atoms with Crippen LogP contribution in [-0.4, -0.2) is 9.79 Å². The van der Waals surface area contributed by atoms with Crippen molar-refractivity contribution in [3.63, 3.8) is 0 Å². The van der Waals surface area contributed by atoms with E-state index in [-0.39, 0.29) is 27.1 Å². The van der Waals surface area contributed by atoms with Crippen LogP contribution >= 0.6 is 7.28 Å². The molecule has 0 radical (unpaired) electrons. The van der Waals surface area contributed by atoms with Crippen LogP contribution in [0.25, 0.3) is 0 Å². The van der Waals surface area contributed by atoms with Gasteiger partial charge in [0, 0.05) is 0 Å². The first kappa shape index (κ1) is 39.3. The molecule has 0 saturated carbocycles. The van der Waals surface area contributed by atoms with Gasteiger partial charge in [0.25, 0.3) is 0 Å². The number of hydrogen-bond donors (Lipinski definition) is 2. The van der Waals surface area contributed by atoms with Crippen molar-refractivity contribution in [3.05, 3.63) is 88.5 Å². The zero-order valence-electron chi connectivity index (χ0n) is 32.6. The van der Waals surface area contributed by atoms with Gasteiger partial charge in [-0.15, -0.1) is 0 Å². The second-order valence-electron chi connectivity index (χ2n) is 17.2. The summed E-state index contributed by atoms with van der Waals surface area (Å²) in [5.74, 6) is 0.534. The van der Waals surface area contributed by atoms with Crippen molar-refractivity contribution in [1.29, 1.82) is 0 Å². The molecule has 0 saturated heterocycles. The van der Waals surface area contributed by atoms with Crippen LogP contribution in [0.5, 0.6) is 5.75 Å². The Hall–Kier alpha value is -2.19. The molecule has 0 heterocycles. The van der Waals surface area contributed by atoms with E-state index < -0.39 is 7.28 Å². The van der Waals surface area contributed by atoms with Crippen LogP contribution in [-0.2, 0) is 27.1 Å². The van der Waals surface area contributed by atoms with Gasteiger partial charge < -0.3 is 0 Å². The molecule has 0 fully saturated rings. The molecule has 0 aliphatic rings. The van der Waals surface area contributed by atoms with Gasteiger partial charge in [-0.05, 0) is 0 Å². The number of hydrogen-bond acceptors (Lipinski definition) is 3. The standard InChI is InChI=1S/C43H67O3P/c1-16-39(6,7)31-21-25-34(26-22-31)47(44,45,38-28-24-33(41(10,11)18-3)30-36(38)43(14,15)20-5)46-37-27-23-32(40(8,9)17-2)29-35(37)42(12,13)19-4/h21-30,44-45H,16-20H2,1-15H3. The Morgan fingerprint density at radius 1 is 0.468 bits per heavy atom. The molecule has 3 aromatic rings. The molecule has 0 aliphatic heterocycles. The molecule has 0 spiro atoms. The van der Waals surface area contributed by atoms with E-state index in [1.807, 2.05) is 24.3 Å². The SMILES string of the molecule is CCC(C)(C)c1ccc(P(O)(O)(Oc2ccc(C(C)(C)CC)cc2C(C)(C)CC)c2ccc(C(C)(C)CC)cc2C(C)(C)CC)cc1. The summed E-state index contributed by atoms with van der Waals surface area (Å²) in [6.45, 7) is 33.3. The Morgan fingerprint density at radius 2 is 0.830 bits per heavy atom. The Bertz CT molecular complexity index is 1540. The minimum absolute atomic E-state index is 0.0246. The summed E-state index contributed by atoms with van der Waals surface area (Å²) in [5.41, 5.74) is 4.80. The van der Waals surface area contributed by atoms with Crippen LogP contribution in [0.1, 0.15) is 164 Å². The Kier molecular flexibility index (Phi) is 11.1. The van der Waals surface area contributed by atoms with Crippen LogP contribution in [0.4, 0.5) is 0 Å². The van der Waals surface area contributed by atoms with E-state index in [1.54, 1.807) is 0 Å². The molecule has 0 bridgehead atoms. The predicted molar refractivity (Wildman–Crippen MR) is 207 cm³/mol. The van der Waals surface area contributed by atoms with Crippen molar-refractivity contribution in [2.24, 2.45) is 0 Å². The summed E-state index contributed by atoms with van der Waals surface area (Å²) >= 11 is 0. The van der Waals surface area contributed by atoms with Gasteiger partial charge >= 0.3 is 289 Å². The molecule has 0 atom stereocenters. The van der Waals surface area contributed by atoms with Crippen molar-refractivity contribution in [2.45, 2.75) is 163 Å². The maximum absolute atomic E-state index is 13.4. The summed E-state index contributed by atoms with van der Waals surface area (Å²) in [4.78, 5) is 26.8. The van der Waals surface area contributed by atoms with E-state index in [2.05, 4.69) is 140 Å². The van der Waals surface area contributed by atoms with E-state index in [0.717, 1.165) is 48.8 Å². The van der Waals surface area contributed by atoms with Crippen molar-refractivity contribution in [2.75, 3.05) is 0 Å². The van der Waals surface area contributed by atoms with Crippen molar-refractivity contribution in [3.8, 4) is 5.75 Å². The Balaban J connectivity index is 2.50. The predicted octanol–water partition coefficient (Wildman–Crippen LogP) is 11.4. The number of rotatable bonds is 14. The third kappa shape index (κ3) is 7.54. The molecule has 262 valence electrons. The second-order valence-corrected chi connectivity index (χ2v) is 20.3. The molecule has 3 nitrogen and oxygen atoms in total. The van der Waals surface area contributed by atoms with Gasteiger partial charge in [-0.3, -0.25) is 0 Å². The fourth-order valence-electron chi connectivity index (χ4n) is 6.01. The quantitative estimate of drug-likeness (QED) is 0.169. The molecule has 47 heavy (non-hydrogen) atoms. The summed E-state index contributed by atoms with van der Waals surface area (Å²) in [6.07, 6.45) is 4.66. The number of benzene rings is 3. The van der Waals surface area contributed by atoms with E-state index in [0.29, 0.717) is 16.4 Å². The van der Waals surface area contributed by atoms with Crippen molar-refractivity contribution >= 4 is 17.9 Å². The summed E-state index contributed by atoms with van der Waals surface area (Å²) in [7, 11) is -5.32. The molecular formula is C43H67O3P. The maximum atomic E-state index is 13.4. The summed E-state index contributed by atoms with van der Waals surface area (Å²) in [6, 6.07) is 20.5. The summed E-state index contributed by atoms with van der Waals surface area (Å²) < 4.78 is 7.01. The first-order valence-electron chi connectivity index (χ1n) is 18.1. The van der Waals surface area contributed by atoms with Gasteiger partial charge in [0.1, 0.15) is 0 Å². The van der Waals surface area contributed by atoms with Gasteiger partial charge in [-0.1, -0.05) is 0 Å². The summed E-state index contributed by atoms with van der Waals surface area (Å²) in [5, 5.41) is 0.903. The molecule has 0 aliphatic carbocycles. The zero-order chi connectivity index (χ0) is 35.9. The second kappa shape index (κ2) is 13.3. The monoisotopic (exact) mass is 662 g/mol. The molecule has 0 unspecified atom stereocenters. The molecular weight excluding hydrogens is 595 g/mol. The molecule has 3 aromatic carbocycles. The molecule has 3 rings (SSSR count). The topological polar surface area (TPSA) is 49.7 Å². The van der Waals surface area contributed by atoms with Gasteiger partial charge in [0.2, 0.25) is 0 Å². The third-order valence-corrected chi connectivity index (χ3v) is 15.3. The molecule has 0 amide bonds. The fraction of sp³-hybridized carbons (Fsp3) is 0.581. The van der Waals surface area contributed by atoms with Crippen molar-refractivity contribution < 1.29 is 14.3 Å². The van der Waals surface area contributed by atoms with E-state index in [1.165, 1.54) is 11.1 Å². The Morgan fingerprint density at radius 3 is 1.28 bits per heavy atom. The molecule has 4 heteroatoms. The van der Waals surface area contributed by atoms with Gasteiger partial charge in [0.15, 0.2) is 0 Å². The van der Waals surface area contributed by atoms with Crippen LogP contribution in [0, 0.1) is 0 Å². The average molecular weight is 663 g/mol. The van der Waals surface area contributed by atoms with Gasteiger partial charge in [-0.25, -0.2) is 0 Å². The van der Waals surface area contributed by atoms with E-state index in [4.69, 9.17) is 4.52 Å². The van der Waals surface area contributed by atoms with E-state index in [9.17, 15) is 9.79 Å². The van der Waals surface area contributed by atoms with Gasteiger partial charge in [-0.2, -0.15) is 0 Å². The normalized spacial score (nSPS) is 14.5. The van der Waals surface area contributed by atoms with Crippen LogP contribution in [0.3, 0.4) is 0 Å². The minimum atomic E-state index is -5.32. The molecule has 2 N–H and O–H groups in total. The van der Waals surface area contributed by atoms with Gasteiger partial charge in [0.05, 0.1) is 0 Å². The first-order valence-corrected chi connectivity index (χ1v) is 20.1. The van der Waals surface area contributed by atoms with E-state index >= 15 is 0 Å².